The standard InChI is InChI=1S/C15H16N2O5/c18-12-5-6-15(7-8-17(12)9-13(19)20)16-14(21)10-3-1-2-4-11(10)22-15/h1-4H,5-9H2,(H,16,21)(H,19,20). The van der Waals surface area contributed by atoms with Crippen LogP contribution < -0.4 is 10.1 Å². The number of ether oxygens (including phenoxy) is 1. The van der Waals surface area contributed by atoms with Crippen molar-refractivity contribution in [3.63, 3.8) is 0 Å². The van der Waals surface area contributed by atoms with Crippen LogP contribution >= 0.6 is 0 Å². The normalized spacial score (nSPS) is 24.3. The van der Waals surface area contributed by atoms with Crippen molar-refractivity contribution in [2.75, 3.05) is 13.1 Å². The van der Waals surface area contributed by atoms with E-state index < -0.39 is 11.7 Å². The maximum absolute atomic E-state index is 12.2. The fourth-order valence-corrected chi connectivity index (χ4v) is 2.84. The molecule has 2 amide bonds. The molecule has 1 fully saturated rings. The Balaban J connectivity index is 1.82. The number of carboxylic acids is 1. The first-order chi connectivity index (χ1) is 10.5. The minimum atomic E-state index is -1.05. The van der Waals surface area contributed by atoms with Crippen molar-refractivity contribution in [3.8, 4) is 5.75 Å². The molecule has 7 heteroatoms. The molecule has 0 bridgehead atoms. The first kappa shape index (κ1) is 14.4. The monoisotopic (exact) mass is 304 g/mol. The van der Waals surface area contributed by atoms with Gasteiger partial charge in [0.25, 0.3) is 5.91 Å². The van der Waals surface area contributed by atoms with Crippen LogP contribution in [0.1, 0.15) is 29.6 Å². The highest BCUT2D eigenvalue weighted by atomic mass is 16.5. The van der Waals surface area contributed by atoms with Crippen LogP contribution in [0.5, 0.6) is 5.75 Å². The molecule has 7 nitrogen and oxygen atoms in total. The number of hydrogen-bond acceptors (Lipinski definition) is 4. The van der Waals surface area contributed by atoms with Crippen molar-refractivity contribution in [3.05, 3.63) is 29.8 Å². The Labute approximate surface area is 126 Å². The molecule has 0 aliphatic carbocycles. The summed E-state index contributed by atoms with van der Waals surface area (Å²) < 4.78 is 5.95. The largest absolute Gasteiger partial charge is 0.480 e. The van der Waals surface area contributed by atoms with Crippen LogP contribution in [0.4, 0.5) is 0 Å². The van der Waals surface area contributed by atoms with Crippen molar-refractivity contribution in [2.45, 2.75) is 25.0 Å². The SMILES string of the molecule is O=C(O)CN1CCC2(CCC1=O)NC(=O)c1ccccc1O2. The molecule has 0 saturated carbocycles. The van der Waals surface area contributed by atoms with Crippen molar-refractivity contribution in [1.29, 1.82) is 0 Å². The van der Waals surface area contributed by atoms with E-state index in [1.807, 2.05) is 0 Å². The third-order valence-corrected chi connectivity index (χ3v) is 3.99. The number of hydrogen-bond donors (Lipinski definition) is 2. The van der Waals surface area contributed by atoms with E-state index >= 15 is 0 Å². The molecule has 2 aliphatic heterocycles. The average molecular weight is 304 g/mol. The van der Waals surface area contributed by atoms with Gasteiger partial charge in [0, 0.05) is 25.8 Å². The van der Waals surface area contributed by atoms with Gasteiger partial charge in [-0.3, -0.25) is 14.4 Å². The molecule has 1 saturated heterocycles. The second kappa shape index (κ2) is 5.32. The molecule has 0 radical (unpaired) electrons. The van der Waals surface area contributed by atoms with Crippen LogP contribution in [0.3, 0.4) is 0 Å². The molecule has 2 N–H and O–H groups in total. The number of carbonyl (C=O) groups is 3. The van der Waals surface area contributed by atoms with E-state index in [2.05, 4.69) is 5.32 Å². The van der Waals surface area contributed by atoms with Gasteiger partial charge in [-0.05, 0) is 12.1 Å². The zero-order chi connectivity index (χ0) is 15.7. The summed E-state index contributed by atoms with van der Waals surface area (Å²) in [4.78, 5) is 36.3. The fourth-order valence-electron chi connectivity index (χ4n) is 2.84. The van der Waals surface area contributed by atoms with Gasteiger partial charge in [-0.2, -0.15) is 0 Å². The lowest BCUT2D eigenvalue weighted by atomic mass is 10.0. The summed E-state index contributed by atoms with van der Waals surface area (Å²) in [6.45, 7) is -0.104. The summed E-state index contributed by atoms with van der Waals surface area (Å²) in [5.74, 6) is -1.04. The third-order valence-electron chi connectivity index (χ3n) is 3.99. The van der Waals surface area contributed by atoms with Crippen molar-refractivity contribution in [1.82, 2.24) is 10.2 Å². The minimum Gasteiger partial charge on any atom is -0.480 e. The Bertz CT molecular complexity index is 645. The van der Waals surface area contributed by atoms with E-state index in [1.54, 1.807) is 24.3 Å². The van der Waals surface area contributed by atoms with E-state index in [0.717, 1.165) is 0 Å². The fraction of sp³-hybridized carbons (Fsp3) is 0.400. The molecule has 1 unspecified atom stereocenters. The number of likely N-dealkylation sites (tertiary alicyclic amines) is 1. The summed E-state index contributed by atoms with van der Waals surface area (Å²) in [7, 11) is 0. The third kappa shape index (κ3) is 2.61. The smallest absolute Gasteiger partial charge is 0.323 e. The molecule has 22 heavy (non-hydrogen) atoms. The quantitative estimate of drug-likeness (QED) is 0.834. The molecule has 1 aromatic rings. The van der Waals surface area contributed by atoms with Crippen molar-refractivity contribution in [2.24, 2.45) is 0 Å². The maximum Gasteiger partial charge on any atom is 0.323 e. The summed E-state index contributed by atoms with van der Waals surface area (Å²) in [5.41, 5.74) is -0.486. The average Bonchev–Trinajstić information content (AvgIpc) is 2.61. The lowest BCUT2D eigenvalue weighted by Crippen LogP contribution is -2.56. The number of rotatable bonds is 2. The zero-order valence-electron chi connectivity index (χ0n) is 11.9. The van der Waals surface area contributed by atoms with E-state index in [9.17, 15) is 14.4 Å². The predicted molar refractivity (Wildman–Crippen MR) is 75.3 cm³/mol. The van der Waals surface area contributed by atoms with E-state index in [1.165, 1.54) is 4.90 Å². The number of nitrogens with zero attached hydrogens (tertiary/aromatic N) is 1. The molecular weight excluding hydrogens is 288 g/mol. The van der Waals surface area contributed by atoms with Gasteiger partial charge in [0.15, 0.2) is 5.72 Å². The van der Waals surface area contributed by atoms with Crippen LogP contribution in [-0.2, 0) is 9.59 Å². The summed E-state index contributed by atoms with van der Waals surface area (Å²) in [5, 5.41) is 11.7. The lowest BCUT2D eigenvalue weighted by Gasteiger charge is -2.38. The number of aliphatic carboxylic acids is 1. The van der Waals surface area contributed by atoms with Crippen LogP contribution in [0, 0.1) is 0 Å². The molecular formula is C15H16N2O5. The highest BCUT2D eigenvalue weighted by Crippen LogP contribution is 2.33. The summed E-state index contributed by atoms with van der Waals surface area (Å²) in [6.07, 6.45) is 0.809. The minimum absolute atomic E-state index is 0.135. The van der Waals surface area contributed by atoms with Gasteiger partial charge in [-0.15, -0.1) is 0 Å². The highest BCUT2D eigenvalue weighted by molar-refractivity contribution is 5.98. The number of benzene rings is 1. The number of fused-ring (bicyclic) bond motifs is 1. The summed E-state index contributed by atoms with van der Waals surface area (Å²) >= 11 is 0. The molecule has 1 aromatic carbocycles. The molecule has 2 heterocycles. The van der Waals surface area contributed by atoms with E-state index in [4.69, 9.17) is 9.84 Å². The van der Waals surface area contributed by atoms with Crippen LogP contribution in [0.15, 0.2) is 24.3 Å². The van der Waals surface area contributed by atoms with Gasteiger partial charge in [0.05, 0.1) is 5.56 Å². The van der Waals surface area contributed by atoms with Gasteiger partial charge in [0.2, 0.25) is 5.91 Å². The molecule has 2 aliphatic rings. The van der Waals surface area contributed by atoms with Crippen molar-refractivity contribution >= 4 is 17.8 Å². The second-order valence-electron chi connectivity index (χ2n) is 5.51. The highest BCUT2D eigenvalue weighted by Gasteiger charge is 2.42. The Kier molecular flexibility index (Phi) is 3.48. The Morgan fingerprint density at radius 2 is 2.09 bits per heavy atom. The van der Waals surface area contributed by atoms with E-state index in [0.29, 0.717) is 24.2 Å². The number of amides is 2. The van der Waals surface area contributed by atoms with E-state index in [-0.39, 0.29) is 31.3 Å². The zero-order valence-corrected chi connectivity index (χ0v) is 11.9. The van der Waals surface area contributed by atoms with Gasteiger partial charge in [-0.1, -0.05) is 12.1 Å². The summed E-state index contributed by atoms with van der Waals surface area (Å²) in [6, 6.07) is 6.93. The first-order valence-electron chi connectivity index (χ1n) is 7.09. The number of nitrogens with one attached hydrogen (secondary N) is 1. The Morgan fingerprint density at radius 1 is 1.32 bits per heavy atom. The Hall–Kier alpha value is -2.57. The maximum atomic E-state index is 12.2. The Morgan fingerprint density at radius 3 is 2.86 bits per heavy atom. The van der Waals surface area contributed by atoms with Gasteiger partial charge in [0.1, 0.15) is 12.3 Å². The number of para-hydroxylation sites is 1. The molecule has 116 valence electrons. The van der Waals surface area contributed by atoms with Crippen LogP contribution in [-0.4, -0.2) is 46.6 Å². The van der Waals surface area contributed by atoms with Gasteiger partial charge >= 0.3 is 5.97 Å². The lowest BCUT2D eigenvalue weighted by molar-refractivity contribution is -0.144. The number of carbonyl (C=O) groups excluding carboxylic acids is 2. The topological polar surface area (TPSA) is 95.9 Å². The second-order valence-corrected chi connectivity index (χ2v) is 5.51. The molecule has 0 aromatic heterocycles. The van der Waals surface area contributed by atoms with Crippen molar-refractivity contribution < 1.29 is 24.2 Å². The predicted octanol–water partition coefficient (Wildman–Crippen LogP) is 0.602. The molecule has 3 rings (SSSR count). The first-order valence-corrected chi connectivity index (χ1v) is 7.09. The van der Waals surface area contributed by atoms with Gasteiger partial charge < -0.3 is 20.1 Å². The molecule has 1 spiro atoms. The number of carboxylic acid groups (broad SMARTS) is 1. The van der Waals surface area contributed by atoms with Crippen LogP contribution in [0.25, 0.3) is 0 Å². The molecule has 1 atom stereocenters. The van der Waals surface area contributed by atoms with Gasteiger partial charge in [-0.25, -0.2) is 0 Å². The van der Waals surface area contributed by atoms with Crippen LogP contribution in [0.2, 0.25) is 0 Å².